The number of hydrogen-bond donors (Lipinski definition) is 1. The molecule has 0 saturated carbocycles. The van der Waals surface area contributed by atoms with Gasteiger partial charge in [0.2, 0.25) is 0 Å². The van der Waals surface area contributed by atoms with Crippen molar-refractivity contribution in [2.75, 3.05) is 17.2 Å². The van der Waals surface area contributed by atoms with Crippen LogP contribution < -0.4 is 10.6 Å². The van der Waals surface area contributed by atoms with E-state index in [1.54, 1.807) is 0 Å². The zero-order chi connectivity index (χ0) is 13.2. The average molecular weight is 273 g/mol. The summed E-state index contributed by atoms with van der Waals surface area (Å²) in [6, 6.07) is 14.4. The molecule has 0 atom stereocenters. The Morgan fingerprint density at radius 3 is 2.84 bits per heavy atom. The molecule has 0 aliphatic carbocycles. The number of para-hydroxylation sites is 1. The molecule has 0 radical (unpaired) electrons. The number of nitrogens with two attached hydrogens (primary N) is 1. The summed E-state index contributed by atoms with van der Waals surface area (Å²) in [5, 5.41) is 0.695. The molecular weight excluding hydrogens is 256 g/mol. The summed E-state index contributed by atoms with van der Waals surface area (Å²) in [5.74, 6) is 0. The van der Waals surface area contributed by atoms with Crippen molar-refractivity contribution in [3.8, 4) is 0 Å². The average Bonchev–Trinajstić information content (AvgIpc) is 2.42. The minimum Gasteiger partial charge on any atom is -0.398 e. The first-order valence-electron chi connectivity index (χ1n) is 6.61. The Labute approximate surface area is 118 Å². The second-order valence-corrected chi connectivity index (χ2v) is 5.43. The van der Waals surface area contributed by atoms with E-state index >= 15 is 0 Å². The van der Waals surface area contributed by atoms with Crippen LogP contribution in [0.3, 0.4) is 0 Å². The SMILES string of the molecule is Nc1cc(Cl)ccc1CN1CCCc2ccccc21. The normalized spacial score (nSPS) is 14.3. The second-order valence-electron chi connectivity index (χ2n) is 5.00. The summed E-state index contributed by atoms with van der Waals surface area (Å²) in [6.07, 6.45) is 2.37. The van der Waals surface area contributed by atoms with Crippen LogP contribution in [0.2, 0.25) is 5.02 Å². The molecule has 2 nitrogen and oxygen atoms in total. The number of halogens is 1. The topological polar surface area (TPSA) is 29.3 Å². The van der Waals surface area contributed by atoms with Gasteiger partial charge in [-0.2, -0.15) is 0 Å². The van der Waals surface area contributed by atoms with Crippen molar-refractivity contribution < 1.29 is 0 Å². The summed E-state index contributed by atoms with van der Waals surface area (Å²) in [7, 11) is 0. The van der Waals surface area contributed by atoms with Crippen LogP contribution >= 0.6 is 11.6 Å². The second kappa shape index (κ2) is 5.14. The van der Waals surface area contributed by atoms with Crippen molar-refractivity contribution in [3.05, 3.63) is 58.6 Å². The van der Waals surface area contributed by atoms with Crippen LogP contribution in [0.5, 0.6) is 0 Å². The molecular formula is C16H17ClN2. The summed E-state index contributed by atoms with van der Waals surface area (Å²) >= 11 is 5.95. The van der Waals surface area contributed by atoms with Crippen LogP contribution in [0, 0.1) is 0 Å². The molecule has 0 fully saturated rings. The van der Waals surface area contributed by atoms with E-state index in [1.165, 1.54) is 24.1 Å². The maximum atomic E-state index is 6.05. The molecule has 98 valence electrons. The molecule has 2 aromatic rings. The summed E-state index contributed by atoms with van der Waals surface area (Å²) in [4.78, 5) is 2.40. The smallest absolute Gasteiger partial charge is 0.0449 e. The number of benzene rings is 2. The standard InChI is InChI=1S/C16H17ClN2/c17-14-8-7-13(15(18)10-14)11-19-9-3-5-12-4-1-2-6-16(12)19/h1-2,4,6-8,10H,3,5,9,11,18H2. The van der Waals surface area contributed by atoms with Gasteiger partial charge in [-0.3, -0.25) is 0 Å². The summed E-state index contributed by atoms with van der Waals surface area (Å²) < 4.78 is 0. The van der Waals surface area contributed by atoms with Gasteiger partial charge in [0.1, 0.15) is 0 Å². The Balaban J connectivity index is 1.88. The van der Waals surface area contributed by atoms with Gasteiger partial charge in [-0.05, 0) is 42.2 Å². The molecule has 0 bridgehead atoms. The Hall–Kier alpha value is -1.67. The molecule has 0 spiro atoms. The van der Waals surface area contributed by atoms with Crippen molar-refractivity contribution in [2.45, 2.75) is 19.4 Å². The maximum absolute atomic E-state index is 6.05. The lowest BCUT2D eigenvalue weighted by atomic mass is 10.0. The van der Waals surface area contributed by atoms with E-state index in [-0.39, 0.29) is 0 Å². The third-order valence-electron chi connectivity index (χ3n) is 3.68. The Kier molecular flexibility index (Phi) is 3.34. The highest BCUT2D eigenvalue weighted by Gasteiger charge is 2.16. The minimum absolute atomic E-state index is 0.695. The monoisotopic (exact) mass is 272 g/mol. The van der Waals surface area contributed by atoms with Crippen LogP contribution in [0.15, 0.2) is 42.5 Å². The zero-order valence-corrected chi connectivity index (χ0v) is 11.5. The quantitative estimate of drug-likeness (QED) is 0.841. The van der Waals surface area contributed by atoms with Gasteiger partial charge in [-0.15, -0.1) is 0 Å². The third kappa shape index (κ3) is 2.54. The van der Waals surface area contributed by atoms with Crippen LogP contribution in [0.4, 0.5) is 11.4 Å². The molecule has 2 N–H and O–H groups in total. The molecule has 1 heterocycles. The number of anilines is 2. The number of hydrogen-bond acceptors (Lipinski definition) is 2. The lowest BCUT2D eigenvalue weighted by Gasteiger charge is -2.31. The fourth-order valence-electron chi connectivity index (χ4n) is 2.69. The van der Waals surface area contributed by atoms with E-state index in [0.29, 0.717) is 5.02 Å². The predicted octanol–water partition coefficient (Wildman–Crippen LogP) is 3.88. The molecule has 2 aromatic carbocycles. The number of aryl methyl sites for hydroxylation is 1. The van der Waals surface area contributed by atoms with E-state index in [1.807, 2.05) is 18.2 Å². The molecule has 0 aromatic heterocycles. The summed E-state index contributed by atoms with van der Waals surface area (Å²) in [6.45, 7) is 1.93. The Morgan fingerprint density at radius 2 is 2.00 bits per heavy atom. The van der Waals surface area contributed by atoms with Crippen LogP contribution in [-0.4, -0.2) is 6.54 Å². The van der Waals surface area contributed by atoms with E-state index in [9.17, 15) is 0 Å². The van der Waals surface area contributed by atoms with Gasteiger partial charge in [0.05, 0.1) is 0 Å². The van der Waals surface area contributed by atoms with Crippen LogP contribution in [-0.2, 0) is 13.0 Å². The maximum Gasteiger partial charge on any atom is 0.0449 e. The predicted molar refractivity (Wildman–Crippen MR) is 81.7 cm³/mol. The first-order valence-corrected chi connectivity index (χ1v) is 6.98. The number of nitrogen functional groups attached to an aromatic ring is 1. The van der Waals surface area contributed by atoms with Crippen molar-refractivity contribution >= 4 is 23.0 Å². The number of rotatable bonds is 2. The van der Waals surface area contributed by atoms with E-state index in [0.717, 1.165) is 24.3 Å². The van der Waals surface area contributed by atoms with E-state index < -0.39 is 0 Å². The van der Waals surface area contributed by atoms with Crippen molar-refractivity contribution in [3.63, 3.8) is 0 Å². The van der Waals surface area contributed by atoms with Gasteiger partial charge in [0, 0.05) is 29.5 Å². The largest absolute Gasteiger partial charge is 0.398 e. The minimum atomic E-state index is 0.695. The van der Waals surface area contributed by atoms with Crippen molar-refractivity contribution in [1.29, 1.82) is 0 Å². The van der Waals surface area contributed by atoms with Gasteiger partial charge in [-0.25, -0.2) is 0 Å². The third-order valence-corrected chi connectivity index (χ3v) is 3.91. The van der Waals surface area contributed by atoms with Crippen molar-refractivity contribution in [1.82, 2.24) is 0 Å². The van der Waals surface area contributed by atoms with E-state index in [4.69, 9.17) is 17.3 Å². The highest BCUT2D eigenvalue weighted by atomic mass is 35.5. The van der Waals surface area contributed by atoms with Crippen LogP contribution in [0.1, 0.15) is 17.5 Å². The van der Waals surface area contributed by atoms with Crippen molar-refractivity contribution in [2.24, 2.45) is 0 Å². The molecule has 3 rings (SSSR count). The molecule has 0 unspecified atom stereocenters. The first-order chi connectivity index (χ1) is 9.24. The van der Waals surface area contributed by atoms with Crippen LogP contribution in [0.25, 0.3) is 0 Å². The molecule has 19 heavy (non-hydrogen) atoms. The molecule has 3 heteroatoms. The number of nitrogens with zero attached hydrogens (tertiary/aromatic N) is 1. The lowest BCUT2D eigenvalue weighted by Crippen LogP contribution is -2.29. The molecule has 1 aliphatic heterocycles. The highest BCUT2D eigenvalue weighted by Crippen LogP contribution is 2.29. The fourth-order valence-corrected chi connectivity index (χ4v) is 2.87. The summed E-state index contributed by atoms with van der Waals surface area (Å²) in [5.41, 5.74) is 10.7. The Bertz CT molecular complexity index is 595. The molecule has 1 aliphatic rings. The Morgan fingerprint density at radius 1 is 1.16 bits per heavy atom. The van der Waals surface area contributed by atoms with E-state index in [2.05, 4.69) is 29.2 Å². The first kappa shape index (κ1) is 12.4. The van der Waals surface area contributed by atoms with Gasteiger partial charge >= 0.3 is 0 Å². The molecule has 0 amide bonds. The number of fused-ring (bicyclic) bond motifs is 1. The van der Waals surface area contributed by atoms with Gasteiger partial charge in [-0.1, -0.05) is 35.9 Å². The van der Waals surface area contributed by atoms with Gasteiger partial charge in [0.15, 0.2) is 0 Å². The zero-order valence-electron chi connectivity index (χ0n) is 10.8. The van der Waals surface area contributed by atoms with Gasteiger partial charge in [0.25, 0.3) is 0 Å². The molecule has 0 saturated heterocycles. The lowest BCUT2D eigenvalue weighted by molar-refractivity contribution is 0.692. The van der Waals surface area contributed by atoms with Gasteiger partial charge < -0.3 is 10.6 Å². The highest BCUT2D eigenvalue weighted by molar-refractivity contribution is 6.30. The fraction of sp³-hybridized carbons (Fsp3) is 0.250.